The first-order valence-corrected chi connectivity index (χ1v) is 15.7. The monoisotopic (exact) mass is 444 g/mol. The van der Waals surface area contributed by atoms with E-state index in [0.29, 0.717) is 0 Å². The molecule has 0 amide bonds. The molecule has 0 fully saturated rings. The minimum Gasteiger partial charge on any atom is -0.358 e. The number of hydrogen-bond donors (Lipinski definition) is 0. The summed E-state index contributed by atoms with van der Waals surface area (Å²) in [6.45, 7) is 9.00. The number of hydrogen-bond acceptors (Lipinski definition) is 0. The Balaban J connectivity index is 0.000000378. The first-order valence-electron chi connectivity index (χ1n) is 9.47. The van der Waals surface area contributed by atoms with E-state index in [1.807, 2.05) is 0 Å². The summed E-state index contributed by atoms with van der Waals surface area (Å²) in [4.78, 5) is 0. The van der Waals surface area contributed by atoms with E-state index < -0.39 is 0 Å². The van der Waals surface area contributed by atoms with E-state index in [1.165, 1.54) is 62.5 Å². The van der Waals surface area contributed by atoms with E-state index in [2.05, 4.69) is 51.2 Å². The summed E-state index contributed by atoms with van der Waals surface area (Å²) in [5.74, 6) is 0. The van der Waals surface area contributed by atoms with Crippen LogP contribution in [-0.4, -0.2) is 5.43 Å². The molecule has 2 aromatic rings. The van der Waals surface area contributed by atoms with Gasteiger partial charge in [0.2, 0.25) is 0 Å². The largest absolute Gasteiger partial charge is 0.358 e. The first-order chi connectivity index (χ1) is 11.5. The standard InChI is InChI=1S/2C10H13.C2H6Si.2CH3.Zr/c2*1-8-6-9-4-2-3-5-10(9)7-8;1-3-2;;;/h2*6-7H,2-5H2,1H3;1-2H3;2*1H3;/q2*-1;;2*-1;. The Bertz CT molecular complexity index is 557. The predicted octanol–water partition coefficient (Wildman–Crippen LogP) is 6.87. The summed E-state index contributed by atoms with van der Waals surface area (Å²) in [5.41, 5.74) is 9.57. The van der Waals surface area contributed by atoms with Crippen LogP contribution in [0.15, 0.2) is 24.3 Å². The van der Waals surface area contributed by atoms with Crippen molar-refractivity contribution < 1.29 is 23.3 Å². The van der Waals surface area contributed by atoms with Crippen molar-refractivity contribution in [3.8, 4) is 0 Å². The SMILES string of the molecule is C[Si](C)=[Zr].Cc1cc2c([cH-]1)CCCC2.Cc1cc2c([cH-]1)CCCC2.[CH3-].[CH3-]. The van der Waals surface area contributed by atoms with Gasteiger partial charge in [0.25, 0.3) is 0 Å². The summed E-state index contributed by atoms with van der Waals surface area (Å²) in [7, 11) is 0. The summed E-state index contributed by atoms with van der Waals surface area (Å²) in [6.07, 6.45) is 10.9. The Morgan fingerprint density at radius 1 is 0.731 bits per heavy atom. The smallest absolute Gasteiger partial charge is 0.0512 e. The summed E-state index contributed by atoms with van der Waals surface area (Å²) < 4.78 is 0. The van der Waals surface area contributed by atoms with E-state index >= 15 is 0 Å². The average Bonchev–Trinajstić information content (AvgIpc) is 3.07. The molecule has 26 heavy (non-hydrogen) atoms. The topological polar surface area (TPSA) is 0 Å². The third-order valence-corrected chi connectivity index (χ3v) is 4.72. The molecule has 2 aliphatic rings. The van der Waals surface area contributed by atoms with E-state index in [9.17, 15) is 0 Å². The van der Waals surface area contributed by atoms with Crippen molar-refractivity contribution in [2.45, 2.75) is 78.3 Å². The molecule has 0 radical (unpaired) electrons. The van der Waals surface area contributed by atoms with Gasteiger partial charge in [0, 0.05) is 0 Å². The number of fused-ring (bicyclic) bond motifs is 2. The van der Waals surface area contributed by atoms with Gasteiger partial charge in [-0.05, 0) is 0 Å². The molecule has 0 spiro atoms. The van der Waals surface area contributed by atoms with Crippen LogP contribution in [0, 0.1) is 28.7 Å². The molecule has 0 N–H and O–H groups in total. The minimum atomic E-state index is 0. The van der Waals surface area contributed by atoms with Gasteiger partial charge in [-0.15, -0.1) is 0 Å². The Morgan fingerprint density at radius 2 is 1.04 bits per heavy atom. The Kier molecular flexibility index (Phi) is 13.0. The van der Waals surface area contributed by atoms with Gasteiger partial charge in [-0.2, -0.15) is 45.5 Å². The molecule has 0 atom stereocenters. The van der Waals surface area contributed by atoms with Gasteiger partial charge in [-0.1, -0.05) is 65.2 Å². The van der Waals surface area contributed by atoms with Crippen molar-refractivity contribution in [3.63, 3.8) is 0 Å². The minimum absolute atomic E-state index is 0. The molecule has 0 saturated heterocycles. The Labute approximate surface area is 178 Å². The van der Waals surface area contributed by atoms with Gasteiger partial charge in [-0.3, -0.25) is 0 Å². The van der Waals surface area contributed by atoms with Crippen LogP contribution in [0.2, 0.25) is 13.1 Å². The van der Waals surface area contributed by atoms with E-state index in [0.717, 1.165) is 0 Å². The third kappa shape index (κ3) is 8.66. The van der Waals surface area contributed by atoms with Crippen molar-refractivity contribution in [3.05, 3.63) is 72.5 Å². The molecule has 0 aromatic heterocycles. The van der Waals surface area contributed by atoms with Crippen LogP contribution in [0.3, 0.4) is 0 Å². The van der Waals surface area contributed by atoms with Crippen LogP contribution in [-0.2, 0) is 49.0 Å². The molecular weight excluding hydrogens is 408 g/mol. The van der Waals surface area contributed by atoms with E-state index in [-0.39, 0.29) is 20.3 Å². The first kappa shape index (κ1) is 25.8. The number of aryl methyl sites for hydroxylation is 6. The molecule has 2 aliphatic carbocycles. The molecule has 0 aliphatic heterocycles. The summed E-state index contributed by atoms with van der Waals surface area (Å²) >= 11 is 1.74. The molecule has 0 bridgehead atoms. The van der Waals surface area contributed by atoms with Crippen molar-refractivity contribution in [2.24, 2.45) is 0 Å². The fourth-order valence-electron chi connectivity index (χ4n) is 3.75. The second-order valence-electron chi connectivity index (χ2n) is 7.58. The fraction of sp³-hybridized carbons (Fsp3) is 0.500. The predicted molar refractivity (Wildman–Crippen MR) is 117 cm³/mol. The quantitative estimate of drug-likeness (QED) is 0.306. The van der Waals surface area contributed by atoms with Crippen molar-refractivity contribution in [1.29, 1.82) is 0 Å². The molecule has 146 valence electrons. The molecule has 4 rings (SSSR count). The van der Waals surface area contributed by atoms with Gasteiger partial charge in [0.1, 0.15) is 0 Å². The zero-order chi connectivity index (χ0) is 17.5. The second kappa shape index (κ2) is 13.1. The Hall–Kier alpha value is -0.200. The molecular formula is C24H38SiZr-4. The summed E-state index contributed by atoms with van der Waals surface area (Å²) in [5, 5.41) is 0. The van der Waals surface area contributed by atoms with Crippen molar-refractivity contribution >= 4 is 5.43 Å². The molecule has 0 unspecified atom stereocenters. The van der Waals surface area contributed by atoms with Crippen LogP contribution in [0.25, 0.3) is 0 Å². The van der Waals surface area contributed by atoms with Crippen molar-refractivity contribution in [2.75, 3.05) is 0 Å². The maximum atomic E-state index is 2.34. The van der Waals surface area contributed by atoms with Crippen LogP contribution >= 0.6 is 0 Å². The summed E-state index contributed by atoms with van der Waals surface area (Å²) in [6, 6.07) is 9.37. The van der Waals surface area contributed by atoms with Crippen molar-refractivity contribution in [1.82, 2.24) is 0 Å². The van der Waals surface area contributed by atoms with Crippen LogP contribution < -0.4 is 0 Å². The molecule has 0 saturated carbocycles. The average molecular weight is 446 g/mol. The molecule has 0 heterocycles. The molecule has 2 aromatic carbocycles. The van der Waals surface area contributed by atoms with Gasteiger partial charge in [0.15, 0.2) is 0 Å². The maximum absolute atomic E-state index is 2.34. The van der Waals surface area contributed by atoms with Crippen LogP contribution in [0.1, 0.15) is 59.1 Å². The maximum Gasteiger partial charge on any atom is -0.0512 e. The zero-order valence-corrected chi connectivity index (χ0v) is 21.4. The van der Waals surface area contributed by atoms with E-state index in [4.69, 9.17) is 0 Å². The number of rotatable bonds is 0. The van der Waals surface area contributed by atoms with Gasteiger partial charge in [-0.25, -0.2) is 12.1 Å². The second-order valence-corrected chi connectivity index (χ2v) is 17.0. The zero-order valence-electron chi connectivity index (χ0n) is 18.0. The van der Waals surface area contributed by atoms with Gasteiger partial charge < -0.3 is 14.9 Å². The van der Waals surface area contributed by atoms with Gasteiger partial charge >= 0.3 is 41.9 Å². The van der Waals surface area contributed by atoms with Crippen LogP contribution in [0.5, 0.6) is 0 Å². The van der Waals surface area contributed by atoms with Crippen LogP contribution in [0.4, 0.5) is 0 Å². The molecule has 0 nitrogen and oxygen atoms in total. The normalized spacial score (nSPS) is 14.0. The molecule has 2 heteroatoms. The van der Waals surface area contributed by atoms with Gasteiger partial charge in [0.05, 0.1) is 0 Å². The fourth-order valence-corrected chi connectivity index (χ4v) is 3.75. The van der Waals surface area contributed by atoms with E-state index in [1.54, 1.807) is 45.6 Å². The Morgan fingerprint density at radius 3 is 1.35 bits per heavy atom. The third-order valence-electron chi connectivity index (χ3n) is 4.72.